The highest BCUT2D eigenvalue weighted by molar-refractivity contribution is 5.97. The van der Waals surface area contributed by atoms with Gasteiger partial charge in [-0.2, -0.15) is 0 Å². The van der Waals surface area contributed by atoms with Gasteiger partial charge in [-0.15, -0.1) is 0 Å². The molecule has 0 saturated carbocycles. The van der Waals surface area contributed by atoms with Crippen LogP contribution in [0, 0.1) is 21.7 Å². The van der Waals surface area contributed by atoms with Gasteiger partial charge in [0.05, 0.1) is 22.4 Å². The highest BCUT2D eigenvalue weighted by atomic mass is 19.1. The van der Waals surface area contributed by atoms with Gasteiger partial charge in [0.2, 0.25) is 5.91 Å². The molecule has 0 bridgehead atoms. The molecule has 0 radical (unpaired) electrons. The van der Waals surface area contributed by atoms with Crippen LogP contribution in [0.4, 0.5) is 25.8 Å². The number of nitrogens with one attached hydrogen (secondary N) is 1. The Bertz CT molecular complexity index is 1020. The van der Waals surface area contributed by atoms with Gasteiger partial charge < -0.3 is 10.2 Å². The van der Waals surface area contributed by atoms with E-state index in [9.17, 15) is 23.7 Å². The fourth-order valence-electron chi connectivity index (χ4n) is 2.75. The molecule has 0 aliphatic heterocycles. The molecule has 1 heterocycles. The summed E-state index contributed by atoms with van der Waals surface area (Å²) in [5, 5.41) is 14.3. The Morgan fingerprint density at radius 2 is 1.93 bits per heavy atom. The normalized spacial score (nSPS) is 10.6. The number of hydrogen-bond acceptors (Lipinski definition) is 5. The predicted octanol–water partition coefficient (Wildman–Crippen LogP) is 3.50. The van der Waals surface area contributed by atoms with E-state index in [2.05, 4.69) is 10.3 Å². The van der Waals surface area contributed by atoms with Gasteiger partial charge in [0, 0.05) is 25.0 Å². The number of carbonyl (C=O) groups is 1. The quantitative estimate of drug-likeness (QED) is 0.547. The van der Waals surface area contributed by atoms with E-state index in [0.717, 1.165) is 12.1 Å². The first-order valence-electron chi connectivity index (χ1n) is 7.84. The van der Waals surface area contributed by atoms with Gasteiger partial charge in [-0.05, 0) is 36.4 Å². The van der Waals surface area contributed by atoms with Crippen LogP contribution in [0.2, 0.25) is 0 Å². The van der Waals surface area contributed by atoms with Gasteiger partial charge >= 0.3 is 5.69 Å². The van der Waals surface area contributed by atoms with E-state index in [1.54, 1.807) is 18.2 Å². The van der Waals surface area contributed by atoms with Crippen LogP contribution in [0.25, 0.3) is 10.9 Å². The molecule has 3 aromatic rings. The molecule has 0 spiro atoms. The van der Waals surface area contributed by atoms with Crippen molar-refractivity contribution >= 4 is 33.9 Å². The van der Waals surface area contributed by atoms with Crippen molar-refractivity contribution < 1.29 is 18.5 Å². The summed E-state index contributed by atoms with van der Waals surface area (Å²) in [4.78, 5) is 28.7. The number of carbonyl (C=O) groups excluding carboxylic acids is 1. The van der Waals surface area contributed by atoms with E-state index in [4.69, 9.17) is 0 Å². The van der Waals surface area contributed by atoms with E-state index in [0.29, 0.717) is 17.0 Å². The first kappa shape index (κ1) is 18.2. The number of rotatable bonds is 5. The number of hydrogen-bond donors (Lipinski definition) is 1. The van der Waals surface area contributed by atoms with E-state index >= 15 is 0 Å². The number of pyridine rings is 1. The van der Waals surface area contributed by atoms with E-state index in [1.807, 2.05) is 0 Å². The molecular weight excluding hydrogens is 358 g/mol. The standard InChI is InChI=1S/C18H14F2N4O3/c1-23(10-17(25)22-13-8-11(19)7-12(20)9-13)16-5-4-15-14(3-2-6-21-15)18(16)24(26)27/h2-9H,10H2,1H3,(H,22,25). The van der Waals surface area contributed by atoms with Crippen LogP contribution in [0.15, 0.2) is 48.7 Å². The maximum Gasteiger partial charge on any atom is 0.301 e. The number of nitrogens with zero attached hydrogens (tertiary/aromatic N) is 3. The lowest BCUT2D eigenvalue weighted by Crippen LogP contribution is -2.30. The van der Waals surface area contributed by atoms with Gasteiger partial charge in [-0.25, -0.2) is 8.78 Å². The Morgan fingerprint density at radius 1 is 1.22 bits per heavy atom. The summed E-state index contributed by atoms with van der Waals surface area (Å²) in [6, 6.07) is 8.93. The Kier molecular flexibility index (Phi) is 4.93. The maximum absolute atomic E-state index is 13.2. The zero-order valence-corrected chi connectivity index (χ0v) is 14.1. The minimum Gasteiger partial charge on any atom is -0.360 e. The second-order valence-corrected chi connectivity index (χ2v) is 5.82. The average Bonchev–Trinajstić information content (AvgIpc) is 2.59. The summed E-state index contributed by atoms with van der Waals surface area (Å²) in [6.07, 6.45) is 1.53. The number of benzene rings is 2. The van der Waals surface area contributed by atoms with Gasteiger partial charge in [0.15, 0.2) is 0 Å². The van der Waals surface area contributed by atoms with Crippen molar-refractivity contribution in [3.05, 3.63) is 70.4 Å². The maximum atomic E-state index is 13.2. The second-order valence-electron chi connectivity index (χ2n) is 5.82. The molecule has 0 aliphatic carbocycles. The third kappa shape index (κ3) is 3.97. The lowest BCUT2D eigenvalue weighted by atomic mass is 10.1. The Balaban J connectivity index is 1.85. The number of nitro benzene ring substituents is 1. The zero-order valence-electron chi connectivity index (χ0n) is 14.1. The third-order valence-electron chi connectivity index (χ3n) is 3.86. The largest absolute Gasteiger partial charge is 0.360 e. The van der Waals surface area contributed by atoms with E-state index < -0.39 is 22.5 Å². The van der Waals surface area contributed by atoms with Crippen molar-refractivity contribution in [1.82, 2.24) is 4.98 Å². The molecule has 1 N–H and O–H groups in total. The van der Waals surface area contributed by atoms with Gasteiger partial charge in [0.25, 0.3) is 0 Å². The van der Waals surface area contributed by atoms with Crippen molar-refractivity contribution in [3.8, 4) is 0 Å². The van der Waals surface area contributed by atoms with Gasteiger partial charge in [-0.1, -0.05) is 0 Å². The van der Waals surface area contributed by atoms with Crippen LogP contribution < -0.4 is 10.2 Å². The van der Waals surface area contributed by atoms with Crippen LogP contribution >= 0.6 is 0 Å². The minimum atomic E-state index is -0.823. The zero-order chi connectivity index (χ0) is 19.6. The molecule has 7 nitrogen and oxygen atoms in total. The van der Waals surface area contributed by atoms with Crippen LogP contribution in [0.1, 0.15) is 0 Å². The molecule has 9 heteroatoms. The SMILES string of the molecule is CN(CC(=O)Nc1cc(F)cc(F)c1)c1ccc2ncccc2c1[N+](=O)[O-]. The van der Waals surface area contributed by atoms with Crippen LogP contribution in [0.3, 0.4) is 0 Å². The monoisotopic (exact) mass is 372 g/mol. The van der Waals surface area contributed by atoms with E-state index in [-0.39, 0.29) is 23.6 Å². The molecule has 0 unspecified atom stereocenters. The summed E-state index contributed by atoms with van der Waals surface area (Å²) < 4.78 is 26.4. The van der Waals surface area contributed by atoms with Crippen molar-refractivity contribution in [2.45, 2.75) is 0 Å². The second kappa shape index (κ2) is 7.32. The fourth-order valence-corrected chi connectivity index (χ4v) is 2.75. The van der Waals surface area contributed by atoms with Gasteiger partial charge in [-0.3, -0.25) is 19.9 Å². The van der Waals surface area contributed by atoms with Crippen molar-refractivity contribution in [3.63, 3.8) is 0 Å². The number of nitro groups is 1. The van der Waals surface area contributed by atoms with Crippen molar-refractivity contribution in [2.75, 3.05) is 23.8 Å². The summed E-state index contributed by atoms with van der Waals surface area (Å²) >= 11 is 0. The fraction of sp³-hybridized carbons (Fsp3) is 0.111. The number of amides is 1. The van der Waals surface area contributed by atoms with Crippen LogP contribution in [-0.2, 0) is 4.79 Å². The van der Waals surface area contributed by atoms with Crippen molar-refractivity contribution in [1.29, 1.82) is 0 Å². The average molecular weight is 372 g/mol. The predicted molar refractivity (Wildman–Crippen MR) is 96.7 cm³/mol. The minimum absolute atomic E-state index is 0.0388. The van der Waals surface area contributed by atoms with Crippen LogP contribution in [0.5, 0.6) is 0 Å². The molecule has 27 heavy (non-hydrogen) atoms. The molecular formula is C18H14F2N4O3. The highest BCUT2D eigenvalue weighted by Crippen LogP contribution is 2.34. The van der Waals surface area contributed by atoms with Gasteiger partial charge in [0.1, 0.15) is 17.3 Å². The Labute approximate surface area is 152 Å². The smallest absolute Gasteiger partial charge is 0.301 e. The first-order valence-corrected chi connectivity index (χ1v) is 7.84. The molecule has 1 amide bonds. The molecule has 0 atom stereocenters. The van der Waals surface area contributed by atoms with E-state index in [1.165, 1.54) is 24.2 Å². The number of halogens is 2. The van der Waals surface area contributed by atoms with Crippen LogP contribution in [-0.4, -0.2) is 29.4 Å². The lowest BCUT2D eigenvalue weighted by Gasteiger charge is -2.19. The summed E-state index contributed by atoms with van der Waals surface area (Å²) in [5.41, 5.74) is 0.470. The molecule has 0 fully saturated rings. The molecule has 3 rings (SSSR count). The number of aromatic nitrogens is 1. The lowest BCUT2D eigenvalue weighted by molar-refractivity contribution is -0.382. The summed E-state index contributed by atoms with van der Waals surface area (Å²) in [6.45, 7) is -0.259. The molecule has 138 valence electrons. The third-order valence-corrected chi connectivity index (χ3v) is 3.86. The topological polar surface area (TPSA) is 88.4 Å². The molecule has 0 saturated heterocycles. The highest BCUT2D eigenvalue weighted by Gasteiger charge is 2.22. The summed E-state index contributed by atoms with van der Waals surface area (Å²) in [7, 11) is 1.51. The summed E-state index contributed by atoms with van der Waals surface area (Å²) in [5.74, 6) is -2.23. The first-order chi connectivity index (χ1) is 12.8. The molecule has 0 aliphatic rings. The Morgan fingerprint density at radius 3 is 2.59 bits per heavy atom. The number of anilines is 2. The molecule has 1 aromatic heterocycles. The Hall–Kier alpha value is -3.62. The number of fused-ring (bicyclic) bond motifs is 1. The molecule has 2 aromatic carbocycles. The number of likely N-dealkylation sites (N-methyl/N-ethyl adjacent to an activating group) is 1. The van der Waals surface area contributed by atoms with Crippen molar-refractivity contribution in [2.24, 2.45) is 0 Å².